The van der Waals surface area contributed by atoms with Crippen molar-refractivity contribution in [2.75, 3.05) is 5.73 Å². The fraction of sp³-hybridized carbons (Fsp3) is 0.0526. The maximum atomic E-state index is 12.9. The second-order valence-electron chi connectivity index (χ2n) is 6.38. The van der Waals surface area contributed by atoms with Gasteiger partial charge in [0.2, 0.25) is 11.6 Å². The third kappa shape index (κ3) is 3.76. The van der Waals surface area contributed by atoms with E-state index < -0.39 is 5.91 Å². The number of hydrogen-bond donors (Lipinski definition) is 4. The number of benzene rings is 2. The molecule has 2 aromatic carbocycles. The van der Waals surface area contributed by atoms with Gasteiger partial charge in [-0.1, -0.05) is 35.5 Å². The van der Waals surface area contributed by atoms with E-state index in [1.807, 2.05) is 6.07 Å². The highest BCUT2D eigenvalue weighted by Crippen LogP contribution is 2.26. The van der Waals surface area contributed by atoms with Gasteiger partial charge in [0.25, 0.3) is 5.91 Å². The Balaban J connectivity index is 1.70. The van der Waals surface area contributed by atoms with Gasteiger partial charge < -0.3 is 15.9 Å². The SMILES string of the molecule is CC(=NNC(=O)c1nnn(-c2nonc2N)c1-c1ccccc1)c1ccc(O)cc1O. The van der Waals surface area contributed by atoms with Gasteiger partial charge in [-0.15, -0.1) is 5.10 Å². The van der Waals surface area contributed by atoms with Crippen LogP contribution in [0.25, 0.3) is 17.1 Å². The molecule has 0 radical (unpaired) electrons. The largest absolute Gasteiger partial charge is 0.508 e. The van der Waals surface area contributed by atoms with E-state index in [-0.39, 0.29) is 28.8 Å². The number of aromatic nitrogens is 5. The molecule has 4 rings (SSSR count). The molecule has 0 bridgehead atoms. The number of nitrogens with two attached hydrogens (primary N) is 1. The predicted molar refractivity (Wildman–Crippen MR) is 109 cm³/mol. The Bertz CT molecular complexity index is 1280. The number of carbonyl (C=O) groups excluding carboxylic acids is 1. The zero-order chi connectivity index (χ0) is 22.0. The Labute approximate surface area is 174 Å². The molecule has 0 atom stereocenters. The molecular formula is C19H16N8O4. The molecule has 0 aliphatic carbocycles. The molecule has 0 fully saturated rings. The van der Waals surface area contributed by atoms with Gasteiger partial charge in [-0.3, -0.25) is 4.79 Å². The number of hydrogen-bond acceptors (Lipinski definition) is 10. The number of carbonyl (C=O) groups is 1. The second kappa shape index (κ2) is 7.94. The maximum Gasteiger partial charge on any atom is 0.294 e. The molecule has 5 N–H and O–H groups in total. The number of anilines is 1. The third-order valence-corrected chi connectivity index (χ3v) is 4.33. The van der Waals surface area contributed by atoms with Crippen molar-refractivity contribution in [2.45, 2.75) is 6.92 Å². The van der Waals surface area contributed by atoms with E-state index in [0.29, 0.717) is 22.5 Å². The summed E-state index contributed by atoms with van der Waals surface area (Å²) in [6.45, 7) is 1.59. The van der Waals surface area contributed by atoms with E-state index in [4.69, 9.17) is 5.73 Å². The van der Waals surface area contributed by atoms with Crippen LogP contribution in [-0.2, 0) is 0 Å². The fourth-order valence-electron chi connectivity index (χ4n) is 2.85. The van der Waals surface area contributed by atoms with Gasteiger partial charge >= 0.3 is 0 Å². The topological polar surface area (TPSA) is 178 Å². The molecular weight excluding hydrogens is 404 g/mol. The second-order valence-corrected chi connectivity index (χ2v) is 6.38. The van der Waals surface area contributed by atoms with Gasteiger partial charge in [0, 0.05) is 17.2 Å². The lowest BCUT2D eigenvalue weighted by Crippen LogP contribution is -2.21. The van der Waals surface area contributed by atoms with Gasteiger partial charge in [-0.2, -0.15) is 9.78 Å². The van der Waals surface area contributed by atoms with Crippen molar-refractivity contribution in [3.05, 3.63) is 59.8 Å². The summed E-state index contributed by atoms with van der Waals surface area (Å²) in [5, 5.41) is 38.6. The highest BCUT2D eigenvalue weighted by molar-refractivity contribution is 6.03. The highest BCUT2D eigenvalue weighted by atomic mass is 16.6. The van der Waals surface area contributed by atoms with Crippen molar-refractivity contribution in [3.8, 4) is 28.6 Å². The van der Waals surface area contributed by atoms with E-state index in [0.717, 1.165) is 0 Å². The van der Waals surface area contributed by atoms with E-state index in [1.54, 1.807) is 31.2 Å². The summed E-state index contributed by atoms with van der Waals surface area (Å²) in [7, 11) is 0. The fourth-order valence-corrected chi connectivity index (χ4v) is 2.85. The number of aromatic hydroxyl groups is 2. The third-order valence-electron chi connectivity index (χ3n) is 4.33. The lowest BCUT2D eigenvalue weighted by atomic mass is 10.1. The van der Waals surface area contributed by atoms with Gasteiger partial charge in [0.05, 0.1) is 5.71 Å². The zero-order valence-electron chi connectivity index (χ0n) is 16.1. The van der Waals surface area contributed by atoms with Crippen LogP contribution < -0.4 is 11.2 Å². The molecule has 12 nitrogen and oxygen atoms in total. The summed E-state index contributed by atoms with van der Waals surface area (Å²) in [6.07, 6.45) is 0. The minimum Gasteiger partial charge on any atom is -0.508 e. The van der Waals surface area contributed by atoms with Crippen molar-refractivity contribution >= 4 is 17.4 Å². The summed E-state index contributed by atoms with van der Waals surface area (Å²) in [5.41, 5.74) is 9.70. The van der Waals surface area contributed by atoms with Gasteiger partial charge in [-0.05, 0) is 29.4 Å². The number of hydrazone groups is 1. The van der Waals surface area contributed by atoms with E-state index in [2.05, 4.69) is 35.8 Å². The minimum atomic E-state index is -0.655. The molecule has 0 spiro atoms. The minimum absolute atomic E-state index is 0.0225. The monoisotopic (exact) mass is 420 g/mol. The molecule has 0 aliphatic heterocycles. The first kappa shape index (κ1) is 19.6. The average Bonchev–Trinajstić information content (AvgIpc) is 3.38. The Kier molecular flexibility index (Phi) is 5.02. The van der Waals surface area contributed by atoms with Crippen LogP contribution in [0.5, 0.6) is 11.5 Å². The van der Waals surface area contributed by atoms with Crippen molar-refractivity contribution in [1.29, 1.82) is 0 Å². The first-order valence-corrected chi connectivity index (χ1v) is 8.92. The van der Waals surface area contributed by atoms with Crippen molar-refractivity contribution in [3.63, 3.8) is 0 Å². The number of nitrogens with zero attached hydrogens (tertiary/aromatic N) is 6. The molecule has 156 valence electrons. The predicted octanol–water partition coefficient (Wildman–Crippen LogP) is 1.46. The molecule has 0 aliphatic rings. The molecule has 0 unspecified atom stereocenters. The Hall–Kier alpha value is -4.74. The van der Waals surface area contributed by atoms with E-state index >= 15 is 0 Å². The molecule has 0 saturated carbocycles. The summed E-state index contributed by atoms with van der Waals surface area (Å²) < 4.78 is 5.88. The van der Waals surface area contributed by atoms with Crippen molar-refractivity contribution in [2.24, 2.45) is 5.10 Å². The molecule has 2 heterocycles. The molecule has 2 aromatic heterocycles. The van der Waals surface area contributed by atoms with Gasteiger partial charge in [-0.25, -0.2) is 10.1 Å². The first-order valence-electron chi connectivity index (χ1n) is 8.92. The average molecular weight is 420 g/mol. The Morgan fingerprint density at radius 1 is 1.16 bits per heavy atom. The molecule has 1 amide bonds. The van der Waals surface area contributed by atoms with E-state index in [9.17, 15) is 15.0 Å². The van der Waals surface area contributed by atoms with Gasteiger partial charge in [0.1, 0.15) is 17.2 Å². The van der Waals surface area contributed by atoms with Crippen LogP contribution >= 0.6 is 0 Å². The molecule has 0 saturated heterocycles. The summed E-state index contributed by atoms with van der Waals surface area (Å²) in [6, 6.07) is 13.0. The number of nitrogens with one attached hydrogen (secondary N) is 1. The molecule has 4 aromatic rings. The lowest BCUT2D eigenvalue weighted by molar-refractivity contribution is 0.0950. The Morgan fingerprint density at radius 2 is 1.94 bits per heavy atom. The molecule has 31 heavy (non-hydrogen) atoms. The number of nitrogen functional groups attached to an aromatic ring is 1. The van der Waals surface area contributed by atoms with Crippen LogP contribution in [0.1, 0.15) is 23.0 Å². The van der Waals surface area contributed by atoms with Crippen LogP contribution in [-0.4, -0.2) is 47.1 Å². The van der Waals surface area contributed by atoms with Crippen molar-refractivity contribution in [1.82, 2.24) is 30.7 Å². The smallest absolute Gasteiger partial charge is 0.294 e. The van der Waals surface area contributed by atoms with Crippen LogP contribution in [0.2, 0.25) is 0 Å². The van der Waals surface area contributed by atoms with Crippen LogP contribution in [0.15, 0.2) is 58.3 Å². The Morgan fingerprint density at radius 3 is 2.61 bits per heavy atom. The van der Waals surface area contributed by atoms with Crippen LogP contribution in [0.4, 0.5) is 5.82 Å². The summed E-state index contributed by atoms with van der Waals surface area (Å²) >= 11 is 0. The zero-order valence-corrected chi connectivity index (χ0v) is 16.1. The summed E-state index contributed by atoms with van der Waals surface area (Å²) in [5.74, 6) is -0.869. The first-order chi connectivity index (χ1) is 15.0. The normalized spacial score (nSPS) is 11.5. The number of rotatable bonds is 5. The van der Waals surface area contributed by atoms with E-state index in [1.165, 1.54) is 22.9 Å². The van der Waals surface area contributed by atoms with Crippen molar-refractivity contribution < 1.29 is 19.6 Å². The van der Waals surface area contributed by atoms with Crippen LogP contribution in [0, 0.1) is 0 Å². The standard InChI is InChI=1S/C19H16N8O4/c1-10(13-8-7-12(28)9-14(13)29)21-23-19(30)15-16(11-5-3-2-4-6-11)27(26-22-15)18-17(20)24-31-25-18/h2-9,28-29H,1H3,(H2,20,24)(H,23,30). The number of amides is 1. The van der Waals surface area contributed by atoms with Crippen LogP contribution in [0.3, 0.4) is 0 Å². The number of phenolic OH excluding ortho intramolecular Hbond substituents is 2. The number of phenols is 2. The summed E-state index contributed by atoms with van der Waals surface area (Å²) in [4.78, 5) is 12.9. The van der Waals surface area contributed by atoms with Gasteiger partial charge in [0.15, 0.2) is 5.69 Å². The lowest BCUT2D eigenvalue weighted by Gasteiger charge is -2.07. The highest BCUT2D eigenvalue weighted by Gasteiger charge is 2.25. The molecule has 12 heteroatoms. The quantitative estimate of drug-likeness (QED) is 0.275. The maximum absolute atomic E-state index is 12.9.